The standard InChI is InChI=1S/C21H25NO11/c1-10(23)29-9-16-18(30-11(2)24)19(31-12(3)25)17(21(33-16)32-13(4)26)22-20(28)14-7-5-6-8-15(14)27/h5-8,16-19,21,27H,9H2,1-4H3,(H,22,28)/t16?,17-,18-,19+,21?/m0/s1. The number of phenolic OH excluding ortho intramolecular Hbond substituents is 1. The fourth-order valence-electron chi connectivity index (χ4n) is 3.21. The molecule has 0 radical (unpaired) electrons. The van der Waals surface area contributed by atoms with Crippen LogP contribution in [-0.4, -0.2) is 72.1 Å². The van der Waals surface area contributed by atoms with Gasteiger partial charge in [0.1, 0.15) is 24.5 Å². The number of para-hydroxylation sites is 1. The van der Waals surface area contributed by atoms with Crippen LogP contribution in [0.25, 0.3) is 0 Å². The highest BCUT2D eigenvalue weighted by atomic mass is 16.7. The molecule has 2 unspecified atom stereocenters. The second kappa shape index (κ2) is 11.3. The fourth-order valence-corrected chi connectivity index (χ4v) is 3.21. The van der Waals surface area contributed by atoms with E-state index in [1.165, 1.54) is 24.3 Å². The number of ether oxygens (including phenoxy) is 5. The van der Waals surface area contributed by atoms with E-state index in [0.717, 1.165) is 27.7 Å². The average molecular weight is 467 g/mol. The van der Waals surface area contributed by atoms with Crippen LogP contribution in [0.4, 0.5) is 0 Å². The van der Waals surface area contributed by atoms with Gasteiger partial charge in [-0.3, -0.25) is 24.0 Å². The Kier molecular flexibility index (Phi) is 8.74. The summed E-state index contributed by atoms with van der Waals surface area (Å²) in [4.78, 5) is 59.4. The third-order valence-electron chi connectivity index (χ3n) is 4.43. The molecule has 1 aliphatic rings. The van der Waals surface area contributed by atoms with Crippen molar-refractivity contribution < 1.29 is 52.8 Å². The van der Waals surface area contributed by atoms with Crippen molar-refractivity contribution in [3.8, 4) is 5.75 Å². The molecule has 33 heavy (non-hydrogen) atoms. The number of aromatic hydroxyl groups is 1. The van der Waals surface area contributed by atoms with Crippen molar-refractivity contribution in [1.29, 1.82) is 0 Å². The highest BCUT2D eigenvalue weighted by molar-refractivity contribution is 5.97. The average Bonchev–Trinajstić information content (AvgIpc) is 2.70. The van der Waals surface area contributed by atoms with Crippen LogP contribution in [-0.2, 0) is 42.9 Å². The van der Waals surface area contributed by atoms with Crippen LogP contribution in [0.2, 0.25) is 0 Å². The topological polar surface area (TPSA) is 164 Å². The van der Waals surface area contributed by atoms with Gasteiger partial charge in [-0.05, 0) is 12.1 Å². The number of carbonyl (C=O) groups excluding carboxylic acids is 5. The third-order valence-corrected chi connectivity index (χ3v) is 4.43. The number of hydrogen-bond acceptors (Lipinski definition) is 11. The maximum Gasteiger partial charge on any atom is 0.305 e. The van der Waals surface area contributed by atoms with Gasteiger partial charge in [-0.15, -0.1) is 0 Å². The number of amides is 1. The molecule has 1 aromatic rings. The normalized spacial score (nSPS) is 24.2. The molecule has 2 rings (SSSR count). The van der Waals surface area contributed by atoms with Crippen molar-refractivity contribution in [3.05, 3.63) is 29.8 Å². The van der Waals surface area contributed by atoms with E-state index in [4.69, 9.17) is 23.7 Å². The van der Waals surface area contributed by atoms with Gasteiger partial charge in [0.05, 0.1) is 5.56 Å². The van der Waals surface area contributed by atoms with E-state index in [0.29, 0.717) is 0 Å². The summed E-state index contributed by atoms with van der Waals surface area (Å²) in [6.45, 7) is 3.99. The molecular formula is C21H25NO11. The lowest BCUT2D eigenvalue weighted by Crippen LogP contribution is -2.67. The summed E-state index contributed by atoms with van der Waals surface area (Å²) in [5.41, 5.74) is -0.119. The number of esters is 4. The minimum atomic E-state index is -1.52. The van der Waals surface area contributed by atoms with Crippen molar-refractivity contribution in [2.75, 3.05) is 6.61 Å². The van der Waals surface area contributed by atoms with Crippen LogP contribution in [0.3, 0.4) is 0 Å². The highest BCUT2D eigenvalue weighted by Gasteiger charge is 2.52. The van der Waals surface area contributed by atoms with Crippen molar-refractivity contribution in [2.24, 2.45) is 0 Å². The van der Waals surface area contributed by atoms with Gasteiger partial charge in [0.25, 0.3) is 5.91 Å². The number of carbonyl (C=O) groups is 5. The minimum Gasteiger partial charge on any atom is -0.507 e. The Morgan fingerprint density at radius 3 is 2.00 bits per heavy atom. The molecule has 1 heterocycles. The first-order chi connectivity index (χ1) is 15.5. The second-order valence-corrected chi connectivity index (χ2v) is 7.12. The van der Waals surface area contributed by atoms with Crippen molar-refractivity contribution in [1.82, 2.24) is 5.32 Å². The van der Waals surface area contributed by atoms with Crippen LogP contribution >= 0.6 is 0 Å². The summed E-state index contributed by atoms with van der Waals surface area (Å²) in [7, 11) is 0. The number of hydrogen-bond donors (Lipinski definition) is 2. The van der Waals surface area contributed by atoms with E-state index in [2.05, 4.69) is 5.32 Å². The van der Waals surface area contributed by atoms with Gasteiger partial charge < -0.3 is 34.1 Å². The molecule has 1 saturated heterocycles. The second-order valence-electron chi connectivity index (χ2n) is 7.12. The lowest BCUT2D eigenvalue weighted by Gasteiger charge is -2.44. The number of benzene rings is 1. The van der Waals surface area contributed by atoms with E-state index in [1.807, 2.05) is 0 Å². The van der Waals surface area contributed by atoms with Gasteiger partial charge in [-0.2, -0.15) is 0 Å². The Balaban J connectivity index is 2.47. The largest absolute Gasteiger partial charge is 0.507 e. The van der Waals surface area contributed by atoms with Crippen LogP contribution in [0.5, 0.6) is 5.75 Å². The summed E-state index contributed by atoms with van der Waals surface area (Å²) >= 11 is 0. The first-order valence-electron chi connectivity index (χ1n) is 9.89. The molecule has 180 valence electrons. The molecule has 0 aromatic heterocycles. The molecule has 5 atom stereocenters. The lowest BCUT2D eigenvalue weighted by molar-refractivity contribution is -0.270. The molecule has 12 heteroatoms. The zero-order valence-electron chi connectivity index (χ0n) is 18.4. The van der Waals surface area contributed by atoms with Gasteiger partial charge in [0.15, 0.2) is 12.2 Å². The molecule has 0 bridgehead atoms. The van der Waals surface area contributed by atoms with E-state index in [1.54, 1.807) is 0 Å². The predicted octanol–water partition coefficient (Wildman–Crippen LogP) is 0.205. The number of phenols is 1. The molecule has 1 amide bonds. The van der Waals surface area contributed by atoms with Crippen molar-refractivity contribution in [2.45, 2.75) is 58.3 Å². The molecule has 1 aromatic carbocycles. The molecule has 0 aliphatic carbocycles. The molecular weight excluding hydrogens is 442 g/mol. The molecule has 0 spiro atoms. The number of nitrogens with one attached hydrogen (secondary N) is 1. The van der Waals surface area contributed by atoms with E-state index in [-0.39, 0.29) is 11.3 Å². The molecule has 1 aliphatic heterocycles. The van der Waals surface area contributed by atoms with E-state index >= 15 is 0 Å². The summed E-state index contributed by atoms with van der Waals surface area (Å²) in [6, 6.07) is 4.29. The first kappa shape index (κ1) is 25.6. The maximum atomic E-state index is 12.8. The Morgan fingerprint density at radius 1 is 0.879 bits per heavy atom. The Morgan fingerprint density at radius 2 is 1.45 bits per heavy atom. The van der Waals surface area contributed by atoms with Crippen LogP contribution < -0.4 is 5.32 Å². The SMILES string of the molecule is CC(=O)OCC1OC(OC(C)=O)[C@@H](NC(=O)c2ccccc2O)[C@@H](OC(C)=O)[C@H]1OC(C)=O. The van der Waals surface area contributed by atoms with Crippen LogP contribution in [0.1, 0.15) is 38.1 Å². The predicted molar refractivity (Wildman–Crippen MR) is 108 cm³/mol. The Bertz CT molecular complexity index is 915. The zero-order valence-corrected chi connectivity index (χ0v) is 18.4. The summed E-state index contributed by atoms with van der Waals surface area (Å²) in [5, 5.41) is 12.5. The monoisotopic (exact) mass is 467 g/mol. The quantitative estimate of drug-likeness (QED) is 0.416. The van der Waals surface area contributed by atoms with Gasteiger partial charge >= 0.3 is 23.9 Å². The molecule has 2 N–H and O–H groups in total. The molecule has 1 fully saturated rings. The van der Waals surface area contributed by atoms with Crippen molar-refractivity contribution >= 4 is 29.8 Å². The van der Waals surface area contributed by atoms with Crippen LogP contribution in [0, 0.1) is 0 Å². The van der Waals surface area contributed by atoms with Gasteiger partial charge in [0.2, 0.25) is 6.29 Å². The van der Waals surface area contributed by atoms with Gasteiger partial charge in [0, 0.05) is 27.7 Å². The third kappa shape index (κ3) is 7.17. The van der Waals surface area contributed by atoms with Crippen LogP contribution in [0.15, 0.2) is 24.3 Å². The summed E-state index contributed by atoms with van der Waals surface area (Å²) < 4.78 is 26.4. The minimum absolute atomic E-state index is 0.119. The Hall–Kier alpha value is -3.67. The first-order valence-corrected chi connectivity index (χ1v) is 9.89. The summed E-state index contributed by atoms with van der Waals surface area (Å²) in [5.74, 6) is -4.16. The maximum absolute atomic E-state index is 12.8. The molecule has 12 nitrogen and oxygen atoms in total. The van der Waals surface area contributed by atoms with E-state index < -0.39 is 67.0 Å². The highest BCUT2D eigenvalue weighted by Crippen LogP contribution is 2.28. The summed E-state index contributed by atoms with van der Waals surface area (Å²) in [6.07, 6.45) is -5.47. The fraction of sp³-hybridized carbons (Fsp3) is 0.476. The van der Waals surface area contributed by atoms with E-state index in [9.17, 15) is 29.1 Å². The zero-order chi connectivity index (χ0) is 24.7. The smallest absolute Gasteiger partial charge is 0.305 e. The van der Waals surface area contributed by atoms with Gasteiger partial charge in [-0.1, -0.05) is 12.1 Å². The van der Waals surface area contributed by atoms with Crippen molar-refractivity contribution in [3.63, 3.8) is 0 Å². The molecule has 0 saturated carbocycles. The Labute approximate surface area is 189 Å². The number of rotatable bonds is 7. The van der Waals surface area contributed by atoms with Gasteiger partial charge in [-0.25, -0.2) is 0 Å². The lowest BCUT2D eigenvalue weighted by atomic mass is 9.95.